The summed E-state index contributed by atoms with van der Waals surface area (Å²) < 4.78 is 5.25. The number of aromatic nitrogens is 1. The molecule has 98 valence electrons. The normalized spacial score (nSPS) is 15.8. The summed E-state index contributed by atoms with van der Waals surface area (Å²) in [5.74, 6) is -0.341. The van der Waals surface area contributed by atoms with E-state index in [0.29, 0.717) is 23.6 Å². The number of anilines is 1. The zero-order valence-electron chi connectivity index (χ0n) is 10.7. The number of nitrogen functional groups attached to an aromatic ring is 1. The van der Waals surface area contributed by atoms with E-state index in [9.17, 15) is 4.79 Å². The van der Waals surface area contributed by atoms with Gasteiger partial charge in [-0.3, -0.25) is 9.88 Å². The lowest BCUT2D eigenvalue weighted by molar-refractivity contribution is 0.0471. The number of aryl methyl sites for hydroxylation is 1. The molecule has 1 aromatic heterocycles. The fourth-order valence-electron chi connectivity index (χ4n) is 2.11. The van der Waals surface area contributed by atoms with Crippen molar-refractivity contribution in [1.29, 1.82) is 0 Å². The van der Waals surface area contributed by atoms with Gasteiger partial charge in [0.1, 0.15) is 6.61 Å². The molecular weight excluding hydrogens is 230 g/mol. The Balaban J connectivity index is 1.85. The number of nitrogens with zero attached hydrogens (tertiary/aromatic N) is 2. The van der Waals surface area contributed by atoms with Crippen LogP contribution in [0.15, 0.2) is 12.3 Å². The molecule has 1 aliphatic rings. The van der Waals surface area contributed by atoms with Crippen molar-refractivity contribution in [3.63, 3.8) is 0 Å². The van der Waals surface area contributed by atoms with Gasteiger partial charge < -0.3 is 10.5 Å². The van der Waals surface area contributed by atoms with E-state index >= 15 is 0 Å². The molecule has 5 nitrogen and oxygen atoms in total. The second kappa shape index (κ2) is 5.82. The maximum absolute atomic E-state index is 11.9. The number of ether oxygens (including phenoxy) is 1. The lowest BCUT2D eigenvalue weighted by Gasteiger charge is -2.14. The van der Waals surface area contributed by atoms with E-state index in [-0.39, 0.29) is 5.97 Å². The van der Waals surface area contributed by atoms with Crippen molar-refractivity contribution in [3.05, 3.63) is 23.5 Å². The number of nitrogens with two attached hydrogens (primary N) is 1. The third-order valence-corrected chi connectivity index (χ3v) is 3.17. The summed E-state index contributed by atoms with van der Waals surface area (Å²) in [5, 5.41) is 0. The SMILES string of the molecule is Cc1ncc(N)cc1C(=O)OCCN1CCCC1. The molecule has 0 unspecified atom stereocenters. The quantitative estimate of drug-likeness (QED) is 0.813. The van der Waals surface area contributed by atoms with Crippen molar-refractivity contribution in [2.45, 2.75) is 19.8 Å². The van der Waals surface area contributed by atoms with E-state index in [4.69, 9.17) is 10.5 Å². The number of esters is 1. The van der Waals surface area contributed by atoms with Crippen molar-refractivity contribution >= 4 is 11.7 Å². The molecule has 0 amide bonds. The van der Waals surface area contributed by atoms with Crippen molar-refractivity contribution in [2.75, 3.05) is 32.0 Å². The first-order valence-electron chi connectivity index (χ1n) is 6.28. The first-order valence-corrected chi connectivity index (χ1v) is 6.28. The molecule has 1 saturated heterocycles. The van der Waals surface area contributed by atoms with Crippen LogP contribution < -0.4 is 5.73 Å². The lowest BCUT2D eigenvalue weighted by atomic mass is 10.2. The summed E-state index contributed by atoms with van der Waals surface area (Å²) in [5.41, 5.74) is 7.20. The Bertz CT molecular complexity index is 428. The lowest BCUT2D eigenvalue weighted by Crippen LogP contribution is -2.25. The van der Waals surface area contributed by atoms with Gasteiger partial charge >= 0.3 is 5.97 Å². The summed E-state index contributed by atoms with van der Waals surface area (Å²) in [6, 6.07) is 1.61. The largest absolute Gasteiger partial charge is 0.461 e. The Morgan fingerprint density at radius 2 is 2.22 bits per heavy atom. The van der Waals surface area contributed by atoms with E-state index in [1.165, 1.54) is 19.0 Å². The van der Waals surface area contributed by atoms with Crippen LogP contribution in [0.4, 0.5) is 5.69 Å². The Hall–Kier alpha value is -1.62. The van der Waals surface area contributed by atoms with Gasteiger partial charge in [0.2, 0.25) is 0 Å². The molecule has 2 rings (SSSR count). The van der Waals surface area contributed by atoms with E-state index < -0.39 is 0 Å². The highest BCUT2D eigenvalue weighted by Gasteiger charge is 2.14. The van der Waals surface area contributed by atoms with Crippen LogP contribution in [-0.4, -0.2) is 42.1 Å². The molecule has 5 heteroatoms. The average Bonchev–Trinajstić information content (AvgIpc) is 2.85. The Labute approximate surface area is 107 Å². The van der Waals surface area contributed by atoms with Gasteiger partial charge in [0.05, 0.1) is 23.1 Å². The van der Waals surface area contributed by atoms with Crippen LogP contribution in [-0.2, 0) is 4.74 Å². The molecule has 2 heterocycles. The minimum atomic E-state index is -0.341. The number of carbonyl (C=O) groups is 1. The summed E-state index contributed by atoms with van der Waals surface area (Å²) in [4.78, 5) is 18.2. The standard InChI is InChI=1S/C13H19N3O2/c1-10-12(8-11(14)9-15-10)13(17)18-7-6-16-4-2-3-5-16/h8-9H,2-7,14H2,1H3. The van der Waals surface area contributed by atoms with Gasteiger partial charge in [0.15, 0.2) is 0 Å². The molecule has 0 saturated carbocycles. The van der Waals surface area contributed by atoms with E-state index in [0.717, 1.165) is 19.6 Å². The summed E-state index contributed by atoms with van der Waals surface area (Å²) in [7, 11) is 0. The average molecular weight is 249 g/mol. The molecule has 0 radical (unpaired) electrons. The molecular formula is C13H19N3O2. The fourth-order valence-corrected chi connectivity index (χ4v) is 2.11. The topological polar surface area (TPSA) is 68.4 Å². The monoisotopic (exact) mass is 249 g/mol. The minimum Gasteiger partial charge on any atom is -0.461 e. The first-order chi connectivity index (χ1) is 8.66. The molecule has 1 aliphatic heterocycles. The zero-order chi connectivity index (χ0) is 13.0. The molecule has 1 fully saturated rings. The molecule has 0 spiro atoms. The zero-order valence-corrected chi connectivity index (χ0v) is 10.7. The van der Waals surface area contributed by atoms with E-state index in [1.54, 1.807) is 13.0 Å². The first kappa shape index (κ1) is 12.8. The van der Waals surface area contributed by atoms with Crippen LogP contribution in [0.1, 0.15) is 28.9 Å². The van der Waals surface area contributed by atoms with Gasteiger partial charge in [-0.2, -0.15) is 0 Å². The molecule has 0 atom stereocenters. The summed E-state index contributed by atoms with van der Waals surface area (Å²) in [6.45, 7) is 5.22. The van der Waals surface area contributed by atoms with Crippen LogP contribution in [0.25, 0.3) is 0 Å². The molecule has 0 aliphatic carbocycles. The van der Waals surface area contributed by atoms with Crippen molar-refractivity contribution < 1.29 is 9.53 Å². The molecule has 0 aromatic carbocycles. The van der Waals surface area contributed by atoms with Gasteiger partial charge in [-0.25, -0.2) is 4.79 Å². The number of hydrogen-bond acceptors (Lipinski definition) is 5. The predicted octanol–water partition coefficient (Wildman–Crippen LogP) is 1.22. The number of hydrogen-bond donors (Lipinski definition) is 1. The molecule has 18 heavy (non-hydrogen) atoms. The molecule has 1 aromatic rings. The Morgan fingerprint density at radius 1 is 1.50 bits per heavy atom. The van der Waals surface area contributed by atoms with E-state index in [1.807, 2.05) is 0 Å². The van der Waals surface area contributed by atoms with E-state index in [2.05, 4.69) is 9.88 Å². The third-order valence-electron chi connectivity index (χ3n) is 3.17. The maximum Gasteiger partial charge on any atom is 0.340 e. The van der Waals surface area contributed by atoms with Crippen LogP contribution in [0.3, 0.4) is 0 Å². The minimum absolute atomic E-state index is 0.341. The highest BCUT2D eigenvalue weighted by Crippen LogP contribution is 2.11. The third kappa shape index (κ3) is 3.20. The van der Waals surface area contributed by atoms with Gasteiger partial charge in [0, 0.05) is 6.54 Å². The highest BCUT2D eigenvalue weighted by molar-refractivity contribution is 5.91. The van der Waals surface area contributed by atoms with Crippen LogP contribution in [0.2, 0.25) is 0 Å². The van der Waals surface area contributed by atoms with Crippen LogP contribution in [0.5, 0.6) is 0 Å². The number of likely N-dealkylation sites (tertiary alicyclic amines) is 1. The van der Waals surface area contributed by atoms with Crippen molar-refractivity contribution in [1.82, 2.24) is 9.88 Å². The second-order valence-corrected chi connectivity index (χ2v) is 4.59. The van der Waals surface area contributed by atoms with Crippen molar-refractivity contribution in [3.8, 4) is 0 Å². The smallest absolute Gasteiger partial charge is 0.340 e. The summed E-state index contributed by atoms with van der Waals surface area (Å²) >= 11 is 0. The van der Waals surface area contributed by atoms with Gasteiger partial charge in [-0.05, 0) is 38.9 Å². The summed E-state index contributed by atoms with van der Waals surface area (Å²) in [6.07, 6.45) is 4.02. The van der Waals surface area contributed by atoms with Crippen LogP contribution in [0, 0.1) is 6.92 Å². The maximum atomic E-state index is 11.9. The van der Waals surface area contributed by atoms with Gasteiger partial charge in [-0.15, -0.1) is 0 Å². The molecule has 0 bridgehead atoms. The highest BCUT2D eigenvalue weighted by atomic mass is 16.5. The Morgan fingerprint density at radius 3 is 2.94 bits per heavy atom. The van der Waals surface area contributed by atoms with Crippen LogP contribution >= 0.6 is 0 Å². The number of pyridine rings is 1. The second-order valence-electron chi connectivity index (χ2n) is 4.59. The van der Waals surface area contributed by atoms with Crippen molar-refractivity contribution in [2.24, 2.45) is 0 Å². The van der Waals surface area contributed by atoms with Gasteiger partial charge in [-0.1, -0.05) is 0 Å². The Kier molecular flexibility index (Phi) is 4.15. The predicted molar refractivity (Wildman–Crippen MR) is 69.3 cm³/mol. The number of rotatable bonds is 4. The van der Waals surface area contributed by atoms with Gasteiger partial charge in [0.25, 0.3) is 0 Å². The fraction of sp³-hybridized carbons (Fsp3) is 0.538. The molecule has 2 N–H and O–H groups in total. The number of carbonyl (C=O) groups excluding carboxylic acids is 1.